The number of nitrogen functional groups attached to an aromatic ring is 1. The van der Waals surface area contributed by atoms with E-state index in [1.165, 1.54) is 32.1 Å². The van der Waals surface area contributed by atoms with Crippen molar-refractivity contribution in [3.05, 3.63) is 22.4 Å². The molecule has 0 radical (unpaired) electrons. The molecule has 2 nitrogen and oxygen atoms in total. The van der Waals surface area contributed by atoms with E-state index in [1.54, 1.807) is 6.07 Å². The molecular weight excluding hydrogens is 319 g/mol. The van der Waals surface area contributed by atoms with Crippen molar-refractivity contribution in [1.82, 2.24) is 0 Å². The van der Waals surface area contributed by atoms with Crippen molar-refractivity contribution in [2.75, 3.05) is 17.2 Å². The highest BCUT2D eigenvalue weighted by atomic mass is 79.9. The fourth-order valence-electron chi connectivity index (χ4n) is 3.04. The van der Waals surface area contributed by atoms with Crippen LogP contribution in [0.4, 0.5) is 15.8 Å². The molecule has 0 spiro atoms. The number of nitrogens with zero attached hydrogens (tertiary/aromatic N) is 1. The Morgan fingerprint density at radius 2 is 1.95 bits per heavy atom. The Balaban J connectivity index is 2.32. The minimum absolute atomic E-state index is 0.269. The summed E-state index contributed by atoms with van der Waals surface area (Å²) >= 11 is 3.20. The van der Waals surface area contributed by atoms with E-state index >= 15 is 0 Å². The van der Waals surface area contributed by atoms with E-state index in [9.17, 15) is 4.39 Å². The fourth-order valence-corrected chi connectivity index (χ4v) is 3.38. The van der Waals surface area contributed by atoms with Gasteiger partial charge in [0.1, 0.15) is 0 Å². The van der Waals surface area contributed by atoms with Crippen LogP contribution in [-0.2, 0) is 0 Å². The monoisotopic (exact) mass is 342 g/mol. The summed E-state index contributed by atoms with van der Waals surface area (Å²) < 4.78 is 14.5. The quantitative estimate of drug-likeness (QED) is 0.783. The maximum absolute atomic E-state index is 14.1. The summed E-state index contributed by atoms with van der Waals surface area (Å²) in [6.07, 6.45) is 6.21. The van der Waals surface area contributed by atoms with Gasteiger partial charge in [-0.25, -0.2) is 4.39 Å². The van der Waals surface area contributed by atoms with Crippen molar-refractivity contribution in [2.45, 2.75) is 52.0 Å². The zero-order chi connectivity index (χ0) is 14.7. The highest BCUT2D eigenvalue weighted by molar-refractivity contribution is 9.10. The fraction of sp³-hybridized carbons (Fsp3) is 0.625. The Hall–Kier alpha value is -0.770. The van der Waals surface area contributed by atoms with Crippen molar-refractivity contribution in [1.29, 1.82) is 0 Å². The van der Waals surface area contributed by atoms with Crippen LogP contribution in [0.1, 0.15) is 46.0 Å². The summed E-state index contributed by atoms with van der Waals surface area (Å²) in [5.74, 6) is 0.190. The maximum atomic E-state index is 14.1. The molecule has 2 rings (SSSR count). The predicted octanol–water partition coefficient (Wildman–Crippen LogP) is 4.97. The van der Waals surface area contributed by atoms with E-state index in [1.807, 2.05) is 6.07 Å². The normalized spacial score (nSPS) is 16.6. The van der Waals surface area contributed by atoms with E-state index in [4.69, 9.17) is 5.73 Å². The lowest BCUT2D eigenvalue weighted by molar-refractivity contribution is 0.401. The molecule has 1 fully saturated rings. The summed E-state index contributed by atoms with van der Waals surface area (Å²) in [5, 5.41) is 0. The first-order chi connectivity index (χ1) is 9.50. The number of halogens is 2. The first-order valence-corrected chi connectivity index (χ1v) is 8.30. The summed E-state index contributed by atoms with van der Waals surface area (Å²) in [4.78, 5) is 2.33. The molecule has 0 aliphatic heterocycles. The molecule has 1 saturated carbocycles. The molecule has 0 unspecified atom stereocenters. The first-order valence-electron chi connectivity index (χ1n) is 7.50. The largest absolute Gasteiger partial charge is 0.395 e. The van der Waals surface area contributed by atoms with Gasteiger partial charge < -0.3 is 10.6 Å². The molecule has 0 saturated heterocycles. The van der Waals surface area contributed by atoms with Gasteiger partial charge in [0, 0.05) is 12.6 Å². The van der Waals surface area contributed by atoms with Gasteiger partial charge in [-0.15, -0.1) is 0 Å². The highest BCUT2D eigenvalue weighted by Crippen LogP contribution is 2.35. The number of nitrogens with two attached hydrogens (primary N) is 1. The third kappa shape index (κ3) is 3.46. The van der Waals surface area contributed by atoms with Gasteiger partial charge in [0.2, 0.25) is 0 Å². The van der Waals surface area contributed by atoms with Crippen LogP contribution < -0.4 is 10.6 Å². The second-order valence-corrected chi connectivity index (χ2v) is 6.99. The molecule has 112 valence electrons. The van der Waals surface area contributed by atoms with Crippen molar-refractivity contribution in [3.8, 4) is 0 Å². The Labute approximate surface area is 129 Å². The van der Waals surface area contributed by atoms with Crippen LogP contribution in [-0.4, -0.2) is 12.6 Å². The number of rotatable bonds is 4. The van der Waals surface area contributed by atoms with Gasteiger partial charge >= 0.3 is 0 Å². The zero-order valence-electron chi connectivity index (χ0n) is 12.3. The molecule has 1 aliphatic carbocycles. The van der Waals surface area contributed by atoms with Crippen molar-refractivity contribution in [3.63, 3.8) is 0 Å². The third-order valence-corrected chi connectivity index (χ3v) is 4.61. The molecule has 0 amide bonds. The lowest BCUT2D eigenvalue weighted by Gasteiger charge is -2.38. The van der Waals surface area contributed by atoms with Gasteiger partial charge in [-0.05, 0) is 46.8 Å². The molecule has 0 atom stereocenters. The van der Waals surface area contributed by atoms with Gasteiger partial charge in [0.25, 0.3) is 0 Å². The lowest BCUT2D eigenvalue weighted by atomic mass is 9.93. The van der Waals surface area contributed by atoms with Crippen LogP contribution in [0.2, 0.25) is 0 Å². The predicted molar refractivity (Wildman–Crippen MR) is 87.6 cm³/mol. The van der Waals surface area contributed by atoms with Gasteiger partial charge in [-0.1, -0.05) is 33.1 Å². The molecule has 2 N–H and O–H groups in total. The van der Waals surface area contributed by atoms with Gasteiger partial charge in [-0.3, -0.25) is 0 Å². The second kappa shape index (κ2) is 6.79. The standard InChI is InChI=1S/C16H24BrFN2/c1-11(2)10-20(12-6-4-3-5-7-12)14-9-8-13(17)15(18)16(14)19/h8-9,11-12H,3-7,10,19H2,1-2H3. The molecule has 0 heterocycles. The summed E-state index contributed by atoms with van der Waals surface area (Å²) in [6.45, 7) is 5.32. The van der Waals surface area contributed by atoms with Crippen LogP contribution in [0.25, 0.3) is 0 Å². The Morgan fingerprint density at radius 3 is 2.55 bits per heavy atom. The van der Waals surface area contributed by atoms with Crippen LogP contribution in [0.3, 0.4) is 0 Å². The van der Waals surface area contributed by atoms with E-state index in [2.05, 4.69) is 34.7 Å². The van der Waals surface area contributed by atoms with Gasteiger partial charge in [0.05, 0.1) is 15.8 Å². The van der Waals surface area contributed by atoms with E-state index in [-0.39, 0.29) is 11.5 Å². The smallest absolute Gasteiger partial charge is 0.162 e. The zero-order valence-corrected chi connectivity index (χ0v) is 13.9. The third-order valence-electron chi connectivity index (χ3n) is 4.00. The van der Waals surface area contributed by atoms with Gasteiger partial charge in [-0.2, -0.15) is 0 Å². The lowest BCUT2D eigenvalue weighted by Crippen LogP contribution is -2.39. The first kappa shape index (κ1) is 15.6. The maximum Gasteiger partial charge on any atom is 0.162 e. The minimum Gasteiger partial charge on any atom is -0.395 e. The van der Waals surface area contributed by atoms with E-state index in [0.717, 1.165) is 12.2 Å². The number of hydrogen-bond acceptors (Lipinski definition) is 2. The van der Waals surface area contributed by atoms with Crippen molar-refractivity contribution >= 4 is 27.3 Å². The van der Waals surface area contributed by atoms with Crippen LogP contribution in [0.15, 0.2) is 16.6 Å². The minimum atomic E-state index is -0.341. The average Bonchev–Trinajstić information content (AvgIpc) is 2.44. The van der Waals surface area contributed by atoms with Crippen molar-refractivity contribution in [2.24, 2.45) is 5.92 Å². The van der Waals surface area contributed by atoms with E-state index in [0.29, 0.717) is 16.4 Å². The van der Waals surface area contributed by atoms with E-state index < -0.39 is 0 Å². The summed E-state index contributed by atoms with van der Waals surface area (Å²) in [5.41, 5.74) is 7.14. The molecule has 0 aromatic heterocycles. The van der Waals surface area contributed by atoms with Gasteiger partial charge in [0.15, 0.2) is 5.82 Å². The average molecular weight is 343 g/mol. The Kier molecular flexibility index (Phi) is 5.30. The molecule has 4 heteroatoms. The summed E-state index contributed by atoms with van der Waals surface area (Å²) in [6, 6.07) is 4.20. The number of benzene rings is 1. The topological polar surface area (TPSA) is 29.3 Å². The van der Waals surface area contributed by atoms with Crippen LogP contribution in [0.5, 0.6) is 0 Å². The second-order valence-electron chi connectivity index (χ2n) is 6.13. The Morgan fingerprint density at radius 1 is 1.30 bits per heavy atom. The molecular formula is C16H24BrFN2. The molecule has 20 heavy (non-hydrogen) atoms. The summed E-state index contributed by atoms with van der Waals surface area (Å²) in [7, 11) is 0. The highest BCUT2D eigenvalue weighted by Gasteiger charge is 2.24. The SMILES string of the molecule is CC(C)CN(c1ccc(Br)c(F)c1N)C1CCCCC1. The molecule has 0 bridgehead atoms. The van der Waals surface area contributed by atoms with Crippen LogP contribution >= 0.6 is 15.9 Å². The molecule has 1 aliphatic rings. The van der Waals surface area contributed by atoms with Crippen molar-refractivity contribution < 1.29 is 4.39 Å². The Bertz CT molecular complexity index is 456. The molecule has 1 aromatic carbocycles. The number of hydrogen-bond donors (Lipinski definition) is 1. The number of anilines is 2. The molecule has 1 aromatic rings. The van der Waals surface area contributed by atoms with Crippen LogP contribution in [0, 0.1) is 11.7 Å².